The molecule has 0 aliphatic rings. The molecule has 0 unspecified atom stereocenters. The van der Waals surface area contributed by atoms with Gasteiger partial charge in [-0.15, -0.1) is 0 Å². The van der Waals surface area contributed by atoms with Crippen molar-refractivity contribution in [2.75, 3.05) is 0 Å². The molecule has 0 spiro atoms. The number of pyridine rings is 1. The predicted molar refractivity (Wildman–Crippen MR) is 74.4 cm³/mol. The zero-order valence-corrected chi connectivity index (χ0v) is 16.4. The van der Waals surface area contributed by atoms with Crippen molar-refractivity contribution in [1.29, 1.82) is 0 Å². The summed E-state index contributed by atoms with van der Waals surface area (Å²) >= 11 is 0. The SMILES string of the molecule is [3H]N(Cc1cccnc1)/C(=C\C)[N-]C(=O)OC(C)(C)C.[U]. The fourth-order valence-corrected chi connectivity index (χ4v) is 1.23. The van der Waals surface area contributed by atoms with Gasteiger partial charge in [-0.25, -0.2) is 0 Å². The molecule has 1 rings (SSSR count). The van der Waals surface area contributed by atoms with Gasteiger partial charge >= 0.3 is 6.09 Å². The molecule has 20 heavy (non-hydrogen) atoms. The molecule has 0 radical (unpaired) electrons. The summed E-state index contributed by atoms with van der Waals surface area (Å²) < 4.78 is 13.0. The van der Waals surface area contributed by atoms with Crippen LogP contribution in [0.2, 0.25) is 1.41 Å². The molecular weight excluding hydrogens is 480 g/mol. The van der Waals surface area contributed by atoms with Crippen LogP contribution in [0.5, 0.6) is 0 Å². The van der Waals surface area contributed by atoms with Gasteiger partial charge in [0, 0.05) is 44.9 Å². The normalized spacial score (nSPS) is 12.0. The molecule has 1 amide bonds. The second kappa shape index (κ2) is 9.04. The molecule has 0 bridgehead atoms. The maximum Gasteiger partial charge on any atom is 0.330 e. The molecule has 5 nitrogen and oxygen atoms in total. The molecule has 1 aromatic heterocycles. The largest absolute Gasteiger partial charge is 0.477 e. The number of ether oxygens (including phenoxy) is 1. The molecule has 6 heteroatoms. The van der Waals surface area contributed by atoms with Crippen molar-refractivity contribution >= 4 is 6.09 Å². The number of amides is 1. The van der Waals surface area contributed by atoms with E-state index in [2.05, 4.69) is 10.3 Å². The van der Waals surface area contributed by atoms with Crippen LogP contribution in [-0.4, -0.2) is 16.7 Å². The Morgan fingerprint density at radius 3 is 2.80 bits per heavy atom. The molecule has 0 fully saturated rings. The van der Waals surface area contributed by atoms with Crippen LogP contribution in [0.25, 0.3) is 5.32 Å². The number of aromatic nitrogens is 1. The van der Waals surface area contributed by atoms with Crippen molar-refractivity contribution in [3.05, 3.63) is 47.3 Å². The molecule has 108 valence electrons. The van der Waals surface area contributed by atoms with Gasteiger partial charge in [0.2, 0.25) is 0 Å². The van der Waals surface area contributed by atoms with Gasteiger partial charge < -0.3 is 15.4 Å². The zero-order valence-electron chi connectivity index (χ0n) is 13.3. The van der Waals surface area contributed by atoms with Crippen molar-refractivity contribution in [3.8, 4) is 0 Å². The second-order valence-corrected chi connectivity index (χ2v) is 4.92. The van der Waals surface area contributed by atoms with E-state index in [4.69, 9.17) is 6.15 Å². The molecule has 0 aliphatic heterocycles. The maximum absolute atomic E-state index is 11.6. The Morgan fingerprint density at radius 2 is 2.30 bits per heavy atom. The minimum absolute atomic E-state index is 0. The smallest absolute Gasteiger partial charge is 0.330 e. The average molecular weight is 502 g/mol. The van der Waals surface area contributed by atoms with Crippen LogP contribution in [0.1, 0.15) is 33.3 Å². The van der Waals surface area contributed by atoms with Crippen molar-refractivity contribution < 1.29 is 42.1 Å². The van der Waals surface area contributed by atoms with E-state index in [-0.39, 0.29) is 36.9 Å². The minimum atomic E-state index is -0.700. The van der Waals surface area contributed by atoms with E-state index in [1.54, 1.807) is 52.2 Å². The molecule has 1 heterocycles. The van der Waals surface area contributed by atoms with Crippen molar-refractivity contribution in [2.45, 2.75) is 39.8 Å². The quantitative estimate of drug-likeness (QED) is 0.686. The van der Waals surface area contributed by atoms with E-state index in [0.29, 0.717) is 6.54 Å². The molecule has 0 aliphatic carbocycles. The minimum Gasteiger partial charge on any atom is -0.477 e. The van der Waals surface area contributed by atoms with Crippen molar-refractivity contribution in [3.63, 3.8) is 0 Å². The molecule has 0 aromatic carbocycles. The Kier molecular flexibility index (Phi) is 7.71. The topological polar surface area (TPSA) is 65.3 Å². The summed E-state index contributed by atoms with van der Waals surface area (Å²) in [7, 11) is 0. The first kappa shape index (κ1) is 17.1. The number of hydrogen-bond donors (Lipinski definition) is 1. The third-order valence-corrected chi connectivity index (χ3v) is 2.00. The Labute approximate surface area is 145 Å². The average Bonchev–Trinajstić information content (AvgIpc) is 2.35. The van der Waals surface area contributed by atoms with Crippen LogP contribution >= 0.6 is 0 Å². The number of carbonyl (C=O) groups is 1. The van der Waals surface area contributed by atoms with Gasteiger partial charge in [-0.3, -0.25) is 9.78 Å². The Morgan fingerprint density at radius 1 is 1.60 bits per heavy atom. The van der Waals surface area contributed by atoms with Crippen molar-refractivity contribution in [1.82, 2.24) is 10.3 Å². The third-order valence-electron chi connectivity index (χ3n) is 2.00. The number of allylic oxidation sites excluding steroid dienone is 1. The second-order valence-electron chi connectivity index (χ2n) is 4.92. The number of nitrogens with zero attached hydrogens (tertiary/aromatic N) is 2. The Balaban J connectivity index is 0.00000400. The maximum atomic E-state index is 11.6. The molecule has 1 aromatic rings. The summed E-state index contributed by atoms with van der Waals surface area (Å²) in [5.41, 5.74) is 0.261. The Bertz CT molecular complexity index is 475. The summed E-state index contributed by atoms with van der Waals surface area (Å²) in [5.74, 6) is 0.239. The Hall–Kier alpha value is -0.988. The number of hydrogen-bond acceptors (Lipinski definition) is 4. The van der Waals surface area contributed by atoms with Crippen molar-refractivity contribution in [2.24, 2.45) is 0 Å². The zero-order chi connectivity index (χ0) is 15.2. The predicted octanol–water partition coefficient (Wildman–Crippen LogP) is 3.34. The number of carbonyl (C=O) groups excluding carboxylic acids is 1. The van der Waals surface area contributed by atoms with Crippen LogP contribution < -0.4 is 5.31 Å². The molecule has 1 N–H and O–H groups in total. The first-order valence-electron chi connectivity index (χ1n) is 6.53. The van der Waals surface area contributed by atoms with E-state index in [1.165, 1.54) is 0 Å². The summed E-state index contributed by atoms with van der Waals surface area (Å²) in [6, 6.07) is 3.65. The van der Waals surface area contributed by atoms with E-state index in [9.17, 15) is 4.79 Å². The van der Waals surface area contributed by atoms with Gasteiger partial charge in [-0.05, 0) is 45.9 Å². The van der Waals surface area contributed by atoms with Gasteiger partial charge in [0.15, 0.2) is 0 Å². The van der Waals surface area contributed by atoms with Gasteiger partial charge in [0.25, 0.3) is 0 Å². The van der Waals surface area contributed by atoms with Crippen LogP contribution in [-0.2, 0) is 11.3 Å². The first-order valence-corrected chi connectivity index (χ1v) is 6.08. The van der Waals surface area contributed by atoms with E-state index in [1.807, 2.05) is 6.07 Å². The van der Waals surface area contributed by atoms with E-state index < -0.39 is 11.7 Å². The fourth-order valence-electron chi connectivity index (χ4n) is 1.23. The summed E-state index contributed by atoms with van der Waals surface area (Å²) in [4.78, 5) is 15.6. The monoisotopic (exact) mass is 502 g/mol. The molecular formula is C14H20N3O2U-. The summed E-state index contributed by atoms with van der Waals surface area (Å²) in [6.45, 7) is 7.31. The molecule has 0 saturated heterocycles. The van der Waals surface area contributed by atoms with Crippen LogP contribution in [0, 0.1) is 31.1 Å². The summed E-state index contributed by atoms with van der Waals surface area (Å²) in [5, 5.41) is 4.92. The third kappa shape index (κ3) is 8.24. The van der Waals surface area contributed by atoms with Crippen LogP contribution in [0.4, 0.5) is 4.79 Å². The van der Waals surface area contributed by atoms with E-state index in [0.717, 1.165) is 10.9 Å². The number of rotatable bonds is 4. The fraction of sp³-hybridized carbons (Fsp3) is 0.429. The number of nitrogens with one attached hydrogen (secondary N) is 1. The first-order chi connectivity index (χ1) is 9.31. The van der Waals surface area contributed by atoms with Gasteiger partial charge in [-0.1, -0.05) is 18.0 Å². The van der Waals surface area contributed by atoms with Crippen LogP contribution in [0.3, 0.4) is 0 Å². The summed E-state index contributed by atoms with van der Waals surface area (Å²) in [6.07, 6.45) is 4.23. The van der Waals surface area contributed by atoms with Crippen LogP contribution in [0.15, 0.2) is 36.4 Å². The molecule has 0 saturated carbocycles. The molecule has 0 atom stereocenters. The van der Waals surface area contributed by atoms with Gasteiger partial charge in [0.05, 0.1) is 0 Å². The van der Waals surface area contributed by atoms with E-state index >= 15 is 0 Å². The van der Waals surface area contributed by atoms with Gasteiger partial charge in [-0.2, -0.15) is 0 Å². The van der Waals surface area contributed by atoms with Gasteiger partial charge in [0.1, 0.15) is 5.60 Å². The standard InChI is InChI=1S/C14H21N3O2.U/c1-5-12(17-13(18)19-14(2,3)4)16-10-11-7-6-8-15-9-11;/h5-9,16H,10H2,1-4H3,(H,17,18);/p-1/b12-5+;/i/hT.